The maximum atomic E-state index is 12.1. The molecule has 1 N–H and O–H groups in total. The molecule has 0 atom stereocenters. The molecule has 27 heavy (non-hydrogen) atoms. The number of benzene rings is 1. The number of carbonyl (C=O) groups is 1. The van der Waals surface area contributed by atoms with E-state index in [2.05, 4.69) is 15.4 Å². The van der Waals surface area contributed by atoms with Gasteiger partial charge in [0.15, 0.2) is 15.7 Å². The van der Waals surface area contributed by atoms with Crippen LogP contribution in [-0.4, -0.2) is 41.4 Å². The first kappa shape index (κ1) is 18.8. The van der Waals surface area contributed by atoms with E-state index in [1.54, 1.807) is 47.4 Å². The Kier molecular flexibility index (Phi) is 5.97. The Balaban J connectivity index is 1.45. The topological polar surface area (TPSA) is 94.0 Å². The zero-order valence-electron chi connectivity index (χ0n) is 14.7. The molecule has 1 amide bonds. The number of sulfone groups is 1. The first-order valence-corrected chi connectivity index (χ1v) is 10.3. The molecular formula is C19H20N4O3S. The molecule has 3 aromatic rings. The Bertz CT molecular complexity index is 970. The predicted octanol–water partition coefficient (Wildman–Crippen LogP) is 2.00. The standard InChI is InChI=1S/C19H20N4O3S/c24-19(17-8-9-18(21-14-17)23-12-4-11-22-23)20-10-5-13-27(25,26)15-16-6-2-1-3-7-16/h1-4,6-9,11-12,14H,5,10,13,15H2,(H,20,24). The maximum absolute atomic E-state index is 12.1. The molecule has 0 bridgehead atoms. The number of rotatable bonds is 8. The molecule has 0 aliphatic carbocycles. The summed E-state index contributed by atoms with van der Waals surface area (Å²) in [7, 11) is -3.20. The van der Waals surface area contributed by atoms with Crippen molar-refractivity contribution in [1.82, 2.24) is 20.1 Å². The predicted molar refractivity (Wildman–Crippen MR) is 102 cm³/mol. The van der Waals surface area contributed by atoms with E-state index in [0.29, 0.717) is 17.8 Å². The Morgan fingerprint density at radius 3 is 2.56 bits per heavy atom. The van der Waals surface area contributed by atoms with E-state index in [4.69, 9.17) is 0 Å². The Labute approximate surface area is 158 Å². The number of pyridine rings is 1. The van der Waals surface area contributed by atoms with Gasteiger partial charge in [-0.25, -0.2) is 18.1 Å². The van der Waals surface area contributed by atoms with Crippen LogP contribution in [0.25, 0.3) is 5.82 Å². The minimum Gasteiger partial charge on any atom is -0.352 e. The van der Waals surface area contributed by atoms with Crippen LogP contribution < -0.4 is 5.32 Å². The number of amides is 1. The van der Waals surface area contributed by atoms with Gasteiger partial charge in [-0.1, -0.05) is 30.3 Å². The van der Waals surface area contributed by atoms with Crippen LogP contribution in [0.2, 0.25) is 0 Å². The van der Waals surface area contributed by atoms with Crippen molar-refractivity contribution in [3.8, 4) is 5.82 Å². The van der Waals surface area contributed by atoms with E-state index in [1.807, 2.05) is 18.2 Å². The zero-order valence-corrected chi connectivity index (χ0v) is 15.5. The minimum atomic E-state index is -3.20. The van der Waals surface area contributed by atoms with Crippen LogP contribution in [0.4, 0.5) is 0 Å². The Morgan fingerprint density at radius 1 is 1.07 bits per heavy atom. The molecule has 0 aliphatic heterocycles. The van der Waals surface area contributed by atoms with Gasteiger partial charge in [0.05, 0.1) is 17.1 Å². The van der Waals surface area contributed by atoms with Gasteiger partial charge < -0.3 is 5.32 Å². The van der Waals surface area contributed by atoms with Crippen molar-refractivity contribution in [3.05, 3.63) is 78.2 Å². The summed E-state index contributed by atoms with van der Waals surface area (Å²) >= 11 is 0. The Hall–Kier alpha value is -3.00. The van der Waals surface area contributed by atoms with Gasteiger partial charge in [0, 0.05) is 25.1 Å². The van der Waals surface area contributed by atoms with Crippen molar-refractivity contribution < 1.29 is 13.2 Å². The van der Waals surface area contributed by atoms with E-state index in [9.17, 15) is 13.2 Å². The fourth-order valence-electron chi connectivity index (χ4n) is 2.56. The maximum Gasteiger partial charge on any atom is 0.252 e. The molecule has 3 rings (SSSR count). The second-order valence-electron chi connectivity index (χ2n) is 6.04. The Morgan fingerprint density at radius 2 is 1.89 bits per heavy atom. The number of hydrogen-bond acceptors (Lipinski definition) is 5. The molecule has 2 aromatic heterocycles. The molecule has 8 heteroatoms. The third-order valence-corrected chi connectivity index (χ3v) is 5.58. The molecule has 0 radical (unpaired) electrons. The van der Waals surface area contributed by atoms with Crippen molar-refractivity contribution in [2.75, 3.05) is 12.3 Å². The first-order chi connectivity index (χ1) is 13.0. The van der Waals surface area contributed by atoms with Crippen molar-refractivity contribution in [2.45, 2.75) is 12.2 Å². The number of hydrogen-bond donors (Lipinski definition) is 1. The summed E-state index contributed by atoms with van der Waals surface area (Å²) < 4.78 is 25.9. The van der Waals surface area contributed by atoms with E-state index in [0.717, 1.165) is 5.56 Å². The van der Waals surface area contributed by atoms with E-state index >= 15 is 0 Å². The summed E-state index contributed by atoms with van der Waals surface area (Å²) in [4.78, 5) is 16.3. The lowest BCUT2D eigenvalue weighted by Gasteiger charge is -2.07. The van der Waals surface area contributed by atoms with Crippen LogP contribution in [-0.2, 0) is 15.6 Å². The van der Waals surface area contributed by atoms with Crippen LogP contribution in [0.15, 0.2) is 67.1 Å². The summed E-state index contributed by atoms with van der Waals surface area (Å²) in [5, 5.41) is 6.80. The van der Waals surface area contributed by atoms with Crippen LogP contribution in [0, 0.1) is 0 Å². The van der Waals surface area contributed by atoms with Crippen molar-refractivity contribution in [1.29, 1.82) is 0 Å². The monoisotopic (exact) mass is 384 g/mol. The summed E-state index contributed by atoms with van der Waals surface area (Å²) in [5.74, 6) is 0.373. The average molecular weight is 384 g/mol. The van der Waals surface area contributed by atoms with Crippen LogP contribution in [0.3, 0.4) is 0 Å². The molecule has 0 fully saturated rings. The molecule has 0 saturated heterocycles. The van der Waals surface area contributed by atoms with Gasteiger partial charge >= 0.3 is 0 Å². The van der Waals surface area contributed by atoms with Gasteiger partial charge in [-0.15, -0.1) is 0 Å². The highest BCUT2D eigenvalue weighted by atomic mass is 32.2. The zero-order chi connectivity index (χ0) is 19.1. The second kappa shape index (κ2) is 8.59. The number of nitrogens with one attached hydrogen (secondary N) is 1. The molecule has 0 unspecified atom stereocenters. The largest absolute Gasteiger partial charge is 0.352 e. The molecular weight excluding hydrogens is 364 g/mol. The number of nitrogens with zero attached hydrogens (tertiary/aromatic N) is 3. The SMILES string of the molecule is O=C(NCCCS(=O)(=O)Cc1ccccc1)c1ccc(-n2cccn2)nc1. The summed E-state index contributed by atoms with van der Waals surface area (Å²) in [5.41, 5.74) is 1.18. The van der Waals surface area contributed by atoms with Gasteiger partial charge in [-0.2, -0.15) is 5.10 Å². The first-order valence-electron chi connectivity index (χ1n) is 8.52. The lowest BCUT2D eigenvalue weighted by molar-refractivity contribution is 0.0953. The average Bonchev–Trinajstić information content (AvgIpc) is 3.20. The van der Waals surface area contributed by atoms with Crippen molar-refractivity contribution in [3.63, 3.8) is 0 Å². The van der Waals surface area contributed by atoms with E-state index in [1.165, 1.54) is 6.20 Å². The van der Waals surface area contributed by atoms with Gasteiger partial charge in [-0.3, -0.25) is 4.79 Å². The molecule has 2 heterocycles. The van der Waals surface area contributed by atoms with Gasteiger partial charge in [0.2, 0.25) is 0 Å². The lowest BCUT2D eigenvalue weighted by Crippen LogP contribution is -2.26. The van der Waals surface area contributed by atoms with Gasteiger partial charge in [0.25, 0.3) is 5.91 Å². The normalized spacial score (nSPS) is 11.3. The van der Waals surface area contributed by atoms with Gasteiger partial charge in [0.1, 0.15) is 0 Å². The highest BCUT2D eigenvalue weighted by Crippen LogP contribution is 2.07. The van der Waals surface area contributed by atoms with E-state index in [-0.39, 0.29) is 24.0 Å². The fourth-order valence-corrected chi connectivity index (χ4v) is 3.99. The third-order valence-electron chi connectivity index (χ3n) is 3.90. The molecule has 0 spiro atoms. The van der Waals surface area contributed by atoms with Crippen LogP contribution >= 0.6 is 0 Å². The van der Waals surface area contributed by atoms with Crippen molar-refractivity contribution in [2.24, 2.45) is 0 Å². The third kappa shape index (κ3) is 5.49. The summed E-state index contributed by atoms with van der Waals surface area (Å²) in [6.07, 6.45) is 5.24. The molecule has 140 valence electrons. The van der Waals surface area contributed by atoms with Crippen molar-refractivity contribution >= 4 is 15.7 Å². The number of aromatic nitrogens is 3. The lowest BCUT2D eigenvalue weighted by atomic mass is 10.2. The minimum absolute atomic E-state index is 0.0145. The molecule has 0 saturated carbocycles. The number of carbonyl (C=O) groups excluding carboxylic acids is 1. The van der Waals surface area contributed by atoms with E-state index < -0.39 is 9.84 Å². The smallest absolute Gasteiger partial charge is 0.252 e. The second-order valence-corrected chi connectivity index (χ2v) is 8.23. The molecule has 0 aliphatic rings. The highest BCUT2D eigenvalue weighted by Gasteiger charge is 2.12. The quantitative estimate of drug-likeness (QED) is 0.600. The van der Waals surface area contributed by atoms with Gasteiger partial charge in [-0.05, 0) is 30.2 Å². The summed E-state index contributed by atoms with van der Waals surface area (Å²) in [6.45, 7) is 0.285. The molecule has 7 nitrogen and oxygen atoms in total. The van der Waals surface area contributed by atoms with Crippen LogP contribution in [0.5, 0.6) is 0 Å². The fraction of sp³-hybridized carbons (Fsp3) is 0.211. The van der Waals surface area contributed by atoms with Crippen LogP contribution in [0.1, 0.15) is 22.3 Å². The molecule has 1 aromatic carbocycles. The summed E-state index contributed by atoms with van der Waals surface area (Å²) in [6, 6.07) is 14.2. The highest BCUT2D eigenvalue weighted by molar-refractivity contribution is 7.90.